The van der Waals surface area contributed by atoms with Gasteiger partial charge in [0.05, 0.1) is 6.54 Å². The van der Waals surface area contributed by atoms with Gasteiger partial charge < -0.3 is 25.6 Å². The smallest absolute Gasteiger partial charge is 0.407 e. The molecule has 2 unspecified atom stereocenters. The molecule has 0 saturated heterocycles. The fourth-order valence-corrected chi connectivity index (χ4v) is 2.03. The maximum absolute atomic E-state index is 14.2. The Balaban J connectivity index is 2.67. The molecule has 1 aromatic rings. The van der Waals surface area contributed by atoms with Crippen LogP contribution < -0.4 is 11.1 Å². The molecule has 0 aliphatic heterocycles. The summed E-state index contributed by atoms with van der Waals surface area (Å²) in [6.07, 6.45) is -3.68. The van der Waals surface area contributed by atoms with E-state index in [9.17, 15) is 23.5 Å². The van der Waals surface area contributed by atoms with Crippen LogP contribution in [-0.2, 0) is 20.9 Å². The molecule has 2 atom stereocenters. The molecule has 0 bridgehead atoms. The number of amides is 1. The highest BCUT2D eigenvalue weighted by Crippen LogP contribution is 2.26. The molecule has 0 spiro atoms. The Labute approximate surface area is 156 Å². The molecular formula is C18H26F2N2O5. The number of carbonyl (C=O) groups excluding carboxylic acids is 2. The number of ether oxygens (including phenoxy) is 2. The van der Waals surface area contributed by atoms with E-state index in [1.54, 1.807) is 51.1 Å². The average molecular weight is 388 g/mol. The van der Waals surface area contributed by atoms with Crippen LogP contribution in [0.4, 0.5) is 13.6 Å². The zero-order valence-corrected chi connectivity index (χ0v) is 15.8. The lowest BCUT2D eigenvalue weighted by atomic mass is 9.91. The Morgan fingerprint density at radius 3 is 2.26 bits per heavy atom. The zero-order valence-electron chi connectivity index (χ0n) is 15.8. The van der Waals surface area contributed by atoms with Crippen molar-refractivity contribution in [3.05, 3.63) is 35.9 Å². The van der Waals surface area contributed by atoms with Crippen LogP contribution in [0.1, 0.15) is 33.3 Å². The molecule has 4 N–H and O–H groups in total. The van der Waals surface area contributed by atoms with Crippen molar-refractivity contribution in [3.63, 3.8) is 0 Å². The van der Waals surface area contributed by atoms with Gasteiger partial charge in [0.25, 0.3) is 5.92 Å². The Bertz CT molecular complexity index is 645. The van der Waals surface area contributed by atoms with Crippen LogP contribution in [0, 0.1) is 0 Å². The standard InChI is InChI=1S/C18H26F2N2O5/c1-16(2,3)27-15(25)22-11-18(19,20)13(23)17(4,21)14(24)26-10-12-8-6-5-7-9-12/h5-9,13,23H,10-11,21H2,1-4H3,(H,22,25). The number of aliphatic hydroxyl groups is 1. The minimum absolute atomic E-state index is 0.180. The lowest BCUT2D eigenvalue weighted by Crippen LogP contribution is -2.64. The molecule has 152 valence electrons. The number of alkyl halides is 2. The van der Waals surface area contributed by atoms with Gasteiger partial charge in [0.1, 0.15) is 23.9 Å². The summed E-state index contributed by atoms with van der Waals surface area (Å²) in [5.74, 6) is -5.09. The molecule has 0 aliphatic rings. The van der Waals surface area contributed by atoms with Gasteiger partial charge in [-0.2, -0.15) is 0 Å². The van der Waals surface area contributed by atoms with E-state index in [-0.39, 0.29) is 6.61 Å². The average Bonchev–Trinajstić information content (AvgIpc) is 2.56. The molecule has 0 heterocycles. The molecule has 1 rings (SSSR count). The molecule has 0 aliphatic carbocycles. The number of hydrogen-bond acceptors (Lipinski definition) is 6. The van der Waals surface area contributed by atoms with E-state index in [1.165, 1.54) is 0 Å². The predicted octanol–water partition coefficient (Wildman–Crippen LogP) is 1.97. The summed E-state index contributed by atoms with van der Waals surface area (Å²) in [6, 6.07) is 8.56. The maximum atomic E-state index is 14.2. The van der Waals surface area contributed by atoms with Crippen LogP contribution in [-0.4, -0.2) is 46.9 Å². The number of rotatable bonds is 7. The third-order valence-corrected chi connectivity index (χ3v) is 3.49. The second-order valence-corrected chi connectivity index (χ2v) is 7.36. The van der Waals surface area contributed by atoms with E-state index in [2.05, 4.69) is 0 Å². The molecule has 0 fully saturated rings. The molecule has 1 amide bonds. The van der Waals surface area contributed by atoms with Crippen molar-refractivity contribution in [3.8, 4) is 0 Å². The van der Waals surface area contributed by atoms with E-state index in [4.69, 9.17) is 15.2 Å². The highest BCUT2D eigenvalue weighted by atomic mass is 19.3. The first-order valence-electron chi connectivity index (χ1n) is 8.28. The number of hydrogen-bond donors (Lipinski definition) is 3. The summed E-state index contributed by atoms with van der Waals surface area (Å²) in [5.41, 5.74) is 2.98. The number of nitrogens with two attached hydrogens (primary N) is 1. The number of alkyl carbamates (subject to hydrolysis) is 1. The van der Waals surface area contributed by atoms with Crippen molar-refractivity contribution in [1.29, 1.82) is 0 Å². The predicted molar refractivity (Wildman–Crippen MR) is 94.0 cm³/mol. The minimum atomic E-state index is -3.90. The van der Waals surface area contributed by atoms with Crippen LogP contribution in [0.3, 0.4) is 0 Å². The van der Waals surface area contributed by atoms with Crippen molar-refractivity contribution < 1.29 is 33.0 Å². The largest absolute Gasteiger partial charge is 0.459 e. The third-order valence-electron chi connectivity index (χ3n) is 3.49. The molecule has 0 saturated carbocycles. The number of carbonyl (C=O) groups is 2. The number of nitrogens with one attached hydrogen (secondary N) is 1. The molecule has 9 heteroatoms. The monoisotopic (exact) mass is 388 g/mol. The highest BCUT2D eigenvalue weighted by Gasteiger charge is 2.52. The van der Waals surface area contributed by atoms with Crippen molar-refractivity contribution in [2.24, 2.45) is 5.73 Å². The van der Waals surface area contributed by atoms with Gasteiger partial charge >= 0.3 is 12.1 Å². The SMILES string of the molecule is CC(C)(C)OC(=O)NCC(F)(F)C(O)C(C)(N)C(=O)OCc1ccccc1. The van der Waals surface area contributed by atoms with E-state index < -0.39 is 41.8 Å². The fourth-order valence-electron chi connectivity index (χ4n) is 2.03. The highest BCUT2D eigenvalue weighted by molar-refractivity contribution is 5.81. The normalized spacial score (nSPS) is 15.4. The van der Waals surface area contributed by atoms with Gasteiger partial charge in [0.15, 0.2) is 0 Å². The lowest BCUT2D eigenvalue weighted by molar-refractivity contribution is -0.173. The summed E-state index contributed by atoms with van der Waals surface area (Å²) in [6.45, 7) is 4.20. The van der Waals surface area contributed by atoms with Crippen LogP contribution in [0.2, 0.25) is 0 Å². The summed E-state index contributed by atoms with van der Waals surface area (Å²) in [7, 11) is 0. The van der Waals surface area contributed by atoms with E-state index >= 15 is 0 Å². The summed E-state index contributed by atoms with van der Waals surface area (Å²) < 4.78 is 38.2. The zero-order chi connectivity index (χ0) is 20.9. The lowest BCUT2D eigenvalue weighted by Gasteiger charge is -2.33. The second-order valence-electron chi connectivity index (χ2n) is 7.36. The number of esters is 1. The Kier molecular flexibility index (Phi) is 7.27. The van der Waals surface area contributed by atoms with Crippen LogP contribution in [0.5, 0.6) is 0 Å². The Morgan fingerprint density at radius 2 is 1.74 bits per heavy atom. The molecule has 7 nitrogen and oxygen atoms in total. The van der Waals surface area contributed by atoms with E-state index in [0.717, 1.165) is 6.92 Å². The van der Waals surface area contributed by atoms with Crippen LogP contribution >= 0.6 is 0 Å². The summed E-state index contributed by atoms with van der Waals surface area (Å²) in [4.78, 5) is 23.6. The van der Waals surface area contributed by atoms with E-state index in [1.807, 2.05) is 5.32 Å². The maximum Gasteiger partial charge on any atom is 0.407 e. The van der Waals surface area contributed by atoms with Gasteiger partial charge in [-0.1, -0.05) is 30.3 Å². The molecule has 0 aromatic heterocycles. The molecular weight excluding hydrogens is 362 g/mol. The first-order valence-corrected chi connectivity index (χ1v) is 8.28. The van der Waals surface area contributed by atoms with Gasteiger partial charge in [-0.3, -0.25) is 0 Å². The van der Waals surface area contributed by atoms with E-state index in [0.29, 0.717) is 5.56 Å². The van der Waals surface area contributed by atoms with Gasteiger partial charge in [0, 0.05) is 0 Å². The quantitative estimate of drug-likeness (QED) is 0.616. The number of benzene rings is 1. The van der Waals surface area contributed by atoms with Gasteiger partial charge in [-0.05, 0) is 33.3 Å². The summed E-state index contributed by atoms with van der Waals surface area (Å²) >= 11 is 0. The second kappa shape index (κ2) is 8.62. The first kappa shape index (κ1) is 22.8. The Hall–Kier alpha value is -2.26. The fraction of sp³-hybridized carbons (Fsp3) is 0.556. The van der Waals surface area contributed by atoms with Gasteiger partial charge in [-0.25, -0.2) is 18.4 Å². The summed E-state index contributed by atoms with van der Waals surface area (Å²) in [5, 5.41) is 11.8. The van der Waals surface area contributed by atoms with Gasteiger partial charge in [-0.15, -0.1) is 0 Å². The Morgan fingerprint density at radius 1 is 1.19 bits per heavy atom. The van der Waals surface area contributed by atoms with Crippen molar-refractivity contribution in [2.75, 3.05) is 6.54 Å². The van der Waals surface area contributed by atoms with Crippen molar-refractivity contribution >= 4 is 12.1 Å². The van der Waals surface area contributed by atoms with Crippen LogP contribution in [0.15, 0.2) is 30.3 Å². The van der Waals surface area contributed by atoms with Crippen LogP contribution in [0.25, 0.3) is 0 Å². The number of halogens is 2. The minimum Gasteiger partial charge on any atom is -0.459 e. The third kappa shape index (κ3) is 7.10. The topological polar surface area (TPSA) is 111 Å². The molecule has 0 radical (unpaired) electrons. The van der Waals surface area contributed by atoms with Gasteiger partial charge in [0.2, 0.25) is 0 Å². The first-order chi connectivity index (χ1) is 12.3. The van der Waals surface area contributed by atoms with Crippen molar-refractivity contribution in [1.82, 2.24) is 5.32 Å². The molecule has 27 heavy (non-hydrogen) atoms. The number of aliphatic hydroxyl groups excluding tert-OH is 1. The van der Waals surface area contributed by atoms with Crippen molar-refractivity contribution in [2.45, 2.75) is 57.5 Å². The molecule has 1 aromatic carbocycles.